The average Bonchev–Trinajstić information content (AvgIpc) is 2.31. The molecule has 0 heterocycles. The highest BCUT2D eigenvalue weighted by Gasteiger charge is 2.10. The quantitative estimate of drug-likeness (QED) is 0.544. The van der Waals surface area contributed by atoms with Crippen molar-refractivity contribution >= 4 is 5.69 Å². The molecule has 0 bridgehead atoms. The number of nitro benzene ring substituents is 1. The Labute approximate surface area is 94.3 Å². The van der Waals surface area contributed by atoms with Crippen LogP contribution in [0.25, 0.3) is 0 Å². The van der Waals surface area contributed by atoms with Crippen LogP contribution in [0.3, 0.4) is 0 Å². The first-order valence-electron chi connectivity index (χ1n) is 5.35. The van der Waals surface area contributed by atoms with Crippen LogP contribution in [-0.4, -0.2) is 22.7 Å². The number of nitro groups is 1. The zero-order valence-electron chi connectivity index (χ0n) is 9.30. The van der Waals surface area contributed by atoms with Crippen LogP contribution < -0.4 is 5.32 Å². The lowest BCUT2D eigenvalue weighted by atomic mass is 10.1. The van der Waals surface area contributed by atoms with E-state index in [1.54, 1.807) is 12.1 Å². The maximum absolute atomic E-state index is 10.6. The second-order valence-corrected chi connectivity index (χ2v) is 3.72. The molecule has 0 aromatic heterocycles. The minimum absolute atomic E-state index is 0.114. The number of aliphatic hydroxyl groups excluding tert-OH is 1. The van der Waals surface area contributed by atoms with E-state index >= 15 is 0 Å². The summed E-state index contributed by atoms with van der Waals surface area (Å²) in [5, 5.41) is 21.6. The van der Waals surface area contributed by atoms with Gasteiger partial charge in [0.15, 0.2) is 0 Å². The molecular weight excluding hydrogens is 208 g/mol. The van der Waals surface area contributed by atoms with Crippen molar-refractivity contribution in [2.75, 3.05) is 6.61 Å². The van der Waals surface area contributed by atoms with Crippen LogP contribution in [0, 0.1) is 10.1 Å². The van der Waals surface area contributed by atoms with E-state index in [0.717, 1.165) is 12.0 Å². The number of benzene rings is 1. The largest absolute Gasteiger partial charge is 0.390 e. The van der Waals surface area contributed by atoms with Crippen molar-refractivity contribution in [3.05, 3.63) is 39.9 Å². The number of nitrogens with two attached hydrogens (primary N) is 1. The molecule has 0 saturated heterocycles. The van der Waals surface area contributed by atoms with E-state index in [-0.39, 0.29) is 18.3 Å². The van der Waals surface area contributed by atoms with E-state index in [4.69, 9.17) is 5.11 Å². The molecule has 0 amide bonds. The number of quaternary nitrogens is 1. The second-order valence-electron chi connectivity index (χ2n) is 3.72. The van der Waals surface area contributed by atoms with Crippen LogP contribution in [0.15, 0.2) is 24.3 Å². The Morgan fingerprint density at radius 2 is 2.31 bits per heavy atom. The van der Waals surface area contributed by atoms with Crippen LogP contribution >= 0.6 is 0 Å². The second kappa shape index (κ2) is 6.19. The molecule has 1 aromatic rings. The zero-order chi connectivity index (χ0) is 12.0. The highest BCUT2D eigenvalue weighted by molar-refractivity contribution is 5.33. The Hall–Kier alpha value is -1.46. The van der Waals surface area contributed by atoms with Gasteiger partial charge < -0.3 is 10.4 Å². The van der Waals surface area contributed by atoms with Gasteiger partial charge >= 0.3 is 0 Å². The minimum Gasteiger partial charge on any atom is -0.390 e. The Balaban J connectivity index is 2.60. The summed E-state index contributed by atoms with van der Waals surface area (Å²) >= 11 is 0. The number of nitrogens with zero attached hydrogens (tertiary/aromatic N) is 1. The third-order valence-corrected chi connectivity index (χ3v) is 2.57. The van der Waals surface area contributed by atoms with Crippen molar-refractivity contribution in [1.82, 2.24) is 0 Å². The molecule has 16 heavy (non-hydrogen) atoms. The van der Waals surface area contributed by atoms with E-state index in [2.05, 4.69) is 0 Å². The first kappa shape index (κ1) is 12.6. The first-order valence-corrected chi connectivity index (χ1v) is 5.35. The molecule has 0 aliphatic carbocycles. The van der Waals surface area contributed by atoms with Crippen molar-refractivity contribution < 1.29 is 15.3 Å². The lowest BCUT2D eigenvalue weighted by Crippen LogP contribution is -2.89. The zero-order valence-corrected chi connectivity index (χ0v) is 9.30. The fourth-order valence-electron chi connectivity index (χ4n) is 1.47. The summed E-state index contributed by atoms with van der Waals surface area (Å²) in [6.07, 6.45) is 0.880. The van der Waals surface area contributed by atoms with Gasteiger partial charge in [0.2, 0.25) is 0 Å². The fraction of sp³-hybridized carbons (Fsp3) is 0.455. The number of rotatable bonds is 6. The van der Waals surface area contributed by atoms with Gasteiger partial charge in [0, 0.05) is 17.7 Å². The van der Waals surface area contributed by atoms with Crippen LogP contribution in [0.2, 0.25) is 0 Å². The summed E-state index contributed by atoms with van der Waals surface area (Å²) in [6, 6.07) is 6.75. The molecular formula is C11H17N2O3+. The van der Waals surface area contributed by atoms with Crippen molar-refractivity contribution in [2.45, 2.75) is 25.9 Å². The van der Waals surface area contributed by atoms with Gasteiger partial charge in [0.1, 0.15) is 12.6 Å². The normalized spacial score (nSPS) is 12.4. The van der Waals surface area contributed by atoms with Crippen LogP contribution in [-0.2, 0) is 6.54 Å². The van der Waals surface area contributed by atoms with E-state index in [1.165, 1.54) is 6.07 Å². The van der Waals surface area contributed by atoms with E-state index < -0.39 is 4.92 Å². The standard InChI is InChI=1S/C11H16N2O3/c1-2-10(8-14)12-7-9-4-3-5-11(6-9)13(15)16/h3-6,10,12,14H,2,7-8H2,1H3/p+1/t10-/m1/s1. The van der Waals surface area contributed by atoms with E-state index in [1.807, 2.05) is 18.3 Å². The summed E-state index contributed by atoms with van der Waals surface area (Å²) < 4.78 is 0. The predicted octanol–water partition coefficient (Wildman–Crippen LogP) is 0.429. The maximum Gasteiger partial charge on any atom is 0.269 e. The molecule has 3 N–H and O–H groups in total. The van der Waals surface area contributed by atoms with Gasteiger partial charge in [-0.15, -0.1) is 0 Å². The smallest absolute Gasteiger partial charge is 0.269 e. The van der Waals surface area contributed by atoms with Crippen molar-refractivity contribution in [2.24, 2.45) is 0 Å². The highest BCUT2D eigenvalue weighted by atomic mass is 16.6. The molecule has 5 heteroatoms. The van der Waals surface area contributed by atoms with Crippen LogP contribution in [0.4, 0.5) is 5.69 Å². The Morgan fingerprint density at radius 3 is 2.88 bits per heavy atom. The lowest BCUT2D eigenvalue weighted by Gasteiger charge is -2.10. The number of non-ortho nitro benzene ring substituents is 1. The Kier molecular flexibility index (Phi) is 4.88. The molecule has 1 aromatic carbocycles. The van der Waals surface area contributed by atoms with Crippen LogP contribution in [0.5, 0.6) is 0 Å². The van der Waals surface area contributed by atoms with E-state index in [0.29, 0.717) is 6.54 Å². The third kappa shape index (κ3) is 3.60. The molecule has 0 radical (unpaired) electrons. The maximum atomic E-state index is 10.6. The van der Waals surface area contributed by atoms with Crippen molar-refractivity contribution in [3.8, 4) is 0 Å². The molecule has 0 unspecified atom stereocenters. The minimum atomic E-state index is -0.396. The summed E-state index contributed by atoms with van der Waals surface area (Å²) in [4.78, 5) is 10.2. The summed E-state index contributed by atoms with van der Waals surface area (Å²) in [5.74, 6) is 0. The first-order chi connectivity index (χ1) is 7.67. The molecule has 1 rings (SSSR count). The molecule has 0 fully saturated rings. The SMILES string of the molecule is CC[C@H](CO)[NH2+]Cc1cccc([N+](=O)[O-])c1. The third-order valence-electron chi connectivity index (χ3n) is 2.57. The van der Waals surface area contributed by atoms with E-state index in [9.17, 15) is 10.1 Å². The number of aliphatic hydroxyl groups is 1. The lowest BCUT2D eigenvalue weighted by molar-refractivity contribution is -0.706. The van der Waals surface area contributed by atoms with Gasteiger partial charge in [-0.1, -0.05) is 19.1 Å². The molecule has 5 nitrogen and oxygen atoms in total. The van der Waals surface area contributed by atoms with Gasteiger partial charge in [0.25, 0.3) is 5.69 Å². The van der Waals surface area contributed by atoms with Gasteiger partial charge in [-0.2, -0.15) is 0 Å². The molecule has 0 saturated carbocycles. The molecule has 1 atom stereocenters. The molecule has 0 aliphatic heterocycles. The van der Waals surface area contributed by atoms with Gasteiger partial charge in [-0.05, 0) is 6.42 Å². The number of hydrogen-bond donors (Lipinski definition) is 2. The molecule has 0 aliphatic rings. The van der Waals surface area contributed by atoms with Gasteiger partial charge in [-0.25, -0.2) is 0 Å². The van der Waals surface area contributed by atoms with Crippen LogP contribution in [0.1, 0.15) is 18.9 Å². The monoisotopic (exact) mass is 225 g/mol. The summed E-state index contributed by atoms with van der Waals surface area (Å²) in [6.45, 7) is 2.79. The Bertz CT molecular complexity index is 351. The fourth-order valence-corrected chi connectivity index (χ4v) is 1.47. The van der Waals surface area contributed by atoms with Crippen molar-refractivity contribution in [3.63, 3.8) is 0 Å². The molecule has 88 valence electrons. The number of hydrogen-bond acceptors (Lipinski definition) is 3. The average molecular weight is 225 g/mol. The highest BCUT2D eigenvalue weighted by Crippen LogP contribution is 2.11. The molecule has 0 spiro atoms. The van der Waals surface area contributed by atoms with Gasteiger partial charge in [0.05, 0.1) is 11.5 Å². The topological polar surface area (TPSA) is 80.0 Å². The van der Waals surface area contributed by atoms with Gasteiger partial charge in [-0.3, -0.25) is 10.1 Å². The predicted molar refractivity (Wildman–Crippen MR) is 59.9 cm³/mol. The summed E-state index contributed by atoms with van der Waals surface area (Å²) in [5.41, 5.74) is 1.02. The summed E-state index contributed by atoms with van der Waals surface area (Å²) in [7, 11) is 0. The Morgan fingerprint density at radius 1 is 1.56 bits per heavy atom. The van der Waals surface area contributed by atoms with Crippen molar-refractivity contribution in [1.29, 1.82) is 0 Å².